The van der Waals surface area contributed by atoms with Crippen molar-refractivity contribution in [3.8, 4) is 28.5 Å². The number of halogens is 2. The molecule has 3 aromatic rings. The number of ether oxygens (including phenoxy) is 1. The monoisotopic (exact) mass is 442 g/mol. The van der Waals surface area contributed by atoms with E-state index in [0.29, 0.717) is 17.9 Å². The molecule has 2 heterocycles. The number of nitrogens with two attached hydrogens (primary N) is 1. The van der Waals surface area contributed by atoms with E-state index in [1.165, 1.54) is 6.07 Å². The van der Waals surface area contributed by atoms with Crippen molar-refractivity contribution >= 4 is 5.91 Å². The van der Waals surface area contributed by atoms with Gasteiger partial charge in [-0.3, -0.25) is 9.69 Å². The molecule has 1 amide bonds. The van der Waals surface area contributed by atoms with Gasteiger partial charge in [0.05, 0.1) is 0 Å². The first-order chi connectivity index (χ1) is 15.4. The lowest BCUT2D eigenvalue weighted by molar-refractivity contribution is 0.0996. The fraction of sp³-hybridized carbons (Fsp3) is 0.304. The minimum atomic E-state index is -0.862. The summed E-state index contributed by atoms with van der Waals surface area (Å²) in [6, 6.07) is 10.2. The summed E-state index contributed by atoms with van der Waals surface area (Å²) in [6.45, 7) is 5.52. The zero-order chi connectivity index (χ0) is 22.7. The first-order valence-electron chi connectivity index (χ1n) is 10.3. The first kappa shape index (κ1) is 21.9. The number of hydrogen-bond acceptors (Lipinski definition) is 6. The number of benzene rings is 2. The molecule has 0 spiro atoms. The average Bonchev–Trinajstić information content (AvgIpc) is 3.21. The second-order valence-corrected chi connectivity index (χ2v) is 7.68. The molecule has 168 valence electrons. The molecule has 1 aliphatic rings. The quantitative estimate of drug-likeness (QED) is 0.606. The van der Waals surface area contributed by atoms with Crippen LogP contribution in [-0.2, 0) is 0 Å². The minimum Gasteiger partial charge on any atom is -0.492 e. The number of carbonyl (C=O) groups excluding carboxylic acids is 1. The molecule has 0 saturated carbocycles. The van der Waals surface area contributed by atoms with Gasteiger partial charge in [0.25, 0.3) is 5.91 Å². The Bertz CT molecular complexity index is 1070. The van der Waals surface area contributed by atoms with Gasteiger partial charge in [-0.1, -0.05) is 6.07 Å². The zero-order valence-corrected chi connectivity index (χ0v) is 17.7. The van der Waals surface area contributed by atoms with E-state index >= 15 is 0 Å². The van der Waals surface area contributed by atoms with Gasteiger partial charge in [-0.15, -0.1) is 0 Å². The Morgan fingerprint density at radius 2 is 1.75 bits per heavy atom. The molecule has 9 heteroatoms. The number of piperazine rings is 1. The highest BCUT2D eigenvalue weighted by Crippen LogP contribution is 2.33. The average molecular weight is 442 g/mol. The summed E-state index contributed by atoms with van der Waals surface area (Å²) in [5, 5.41) is 0. The lowest BCUT2D eigenvalue weighted by Gasteiger charge is -2.32. The molecule has 2 N–H and O–H groups in total. The smallest absolute Gasteiger partial charge is 0.271 e. The Morgan fingerprint density at radius 1 is 1.09 bits per heavy atom. The second kappa shape index (κ2) is 9.46. The van der Waals surface area contributed by atoms with Gasteiger partial charge in [0, 0.05) is 38.3 Å². The van der Waals surface area contributed by atoms with Gasteiger partial charge in [0.2, 0.25) is 5.89 Å². The molecule has 0 aliphatic carbocycles. The Balaban J connectivity index is 1.48. The Hall–Kier alpha value is -3.30. The number of amides is 1. The van der Waals surface area contributed by atoms with E-state index in [4.69, 9.17) is 14.9 Å². The maximum Gasteiger partial charge on any atom is 0.271 e. The van der Waals surface area contributed by atoms with Crippen LogP contribution in [0.15, 0.2) is 46.9 Å². The van der Waals surface area contributed by atoms with Crippen LogP contribution in [0.2, 0.25) is 0 Å². The number of aromatic nitrogens is 1. The second-order valence-electron chi connectivity index (χ2n) is 7.68. The highest BCUT2D eigenvalue weighted by Gasteiger charge is 2.24. The molecule has 0 bridgehead atoms. The van der Waals surface area contributed by atoms with Gasteiger partial charge in [0.1, 0.15) is 29.6 Å². The van der Waals surface area contributed by atoms with Crippen LogP contribution in [0.4, 0.5) is 8.78 Å². The molecule has 7 nitrogen and oxygen atoms in total. The molecule has 1 aromatic heterocycles. The van der Waals surface area contributed by atoms with Gasteiger partial charge in [-0.2, -0.15) is 0 Å². The fourth-order valence-corrected chi connectivity index (χ4v) is 3.56. The van der Waals surface area contributed by atoms with E-state index in [1.807, 2.05) is 0 Å². The van der Waals surface area contributed by atoms with Gasteiger partial charge in [-0.25, -0.2) is 13.8 Å². The maximum atomic E-state index is 14.1. The van der Waals surface area contributed by atoms with E-state index in [0.717, 1.165) is 44.9 Å². The van der Waals surface area contributed by atoms with Crippen LogP contribution in [-0.4, -0.2) is 67.1 Å². The van der Waals surface area contributed by atoms with Crippen LogP contribution in [0, 0.1) is 11.6 Å². The molecular weight excluding hydrogens is 418 g/mol. The van der Waals surface area contributed by atoms with Gasteiger partial charge < -0.3 is 19.8 Å². The summed E-state index contributed by atoms with van der Waals surface area (Å²) in [5.74, 6) is -2.21. The molecule has 0 atom stereocenters. The number of likely N-dealkylation sites (N-methyl/N-ethyl adjacent to an activating group) is 1. The highest BCUT2D eigenvalue weighted by atomic mass is 19.1. The summed E-state index contributed by atoms with van der Waals surface area (Å²) in [7, 11) is 2.11. The number of hydrogen-bond donors (Lipinski definition) is 1. The molecule has 1 fully saturated rings. The summed E-state index contributed by atoms with van der Waals surface area (Å²) >= 11 is 0. The molecule has 1 saturated heterocycles. The van der Waals surface area contributed by atoms with Crippen molar-refractivity contribution in [2.24, 2.45) is 5.73 Å². The number of oxazole rings is 1. The number of rotatable bonds is 7. The SMILES string of the molecule is CN1CCN(CCOc2ccc(-c3oc(-c4c(F)cccc4F)nc3C(N)=O)cc2)CC1. The van der Waals surface area contributed by atoms with Crippen molar-refractivity contribution in [3.05, 3.63) is 59.8 Å². The van der Waals surface area contributed by atoms with E-state index in [-0.39, 0.29) is 17.3 Å². The van der Waals surface area contributed by atoms with Crippen LogP contribution in [0.3, 0.4) is 0 Å². The van der Waals surface area contributed by atoms with Crippen molar-refractivity contribution in [2.45, 2.75) is 0 Å². The summed E-state index contributed by atoms with van der Waals surface area (Å²) < 4.78 is 39.6. The van der Waals surface area contributed by atoms with E-state index in [1.54, 1.807) is 24.3 Å². The largest absolute Gasteiger partial charge is 0.492 e. The van der Waals surface area contributed by atoms with Crippen molar-refractivity contribution in [2.75, 3.05) is 46.4 Å². The molecule has 32 heavy (non-hydrogen) atoms. The van der Waals surface area contributed by atoms with Crippen LogP contribution < -0.4 is 10.5 Å². The van der Waals surface area contributed by atoms with E-state index in [2.05, 4.69) is 21.8 Å². The van der Waals surface area contributed by atoms with E-state index < -0.39 is 23.1 Å². The third kappa shape index (κ3) is 4.79. The highest BCUT2D eigenvalue weighted by molar-refractivity contribution is 5.97. The Morgan fingerprint density at radius 3 is 2.38 bits per heavy atom. The molecule has 2 aromatic carbocycles. The summed E-state index contributed by atoms with van der Waals surface area (Å²) in [5.41, 5.74) is 5.24. The number of carbonyl (C=O) groups is 1. The predicted octanol–water partition coefficient (Wildman–Crippen LogP) is 3.01. The van der Waals surface area contributed by atoms with Gasteiger partial charge >= 0.3 is 0 Å². The van der Waals surface area contributed by atoms with Gasteiger partial charge in [0.15, 0.2) is 11.5 Å². The van der Waals surface area contributed by atoms with Crippen LogP contribution >= 0.6 is 0 Å². The normalized spacial score (nSPS) is 15.1. The van der Waals surface area contributed by atoms with Crippen LogP contribution in [0.25, 0.3) is 22.8 Å². The van der Waals surface area contributed by atoms with Crippen molar-refractivity contribution in [3.63, 3.8) is 0 Å². The third-order valence-corrected chi connectivity index (χ3v) is 5.43. The number of nitrogens with zero attached hydrogens (tertiary/aromatic N) is 3. The minimum absolute atomic E-state index is 0.0409. The fourth-order valence-electron chi connectivity index (χ4n) is 3.56. The van der Waals surface area contributed by atoms with Crippen LogP contribution in [0.1, 0.15) is 10.5 Å². The molecular formula is C23H24F2N4O3. The van der Waals surface area contributed by atoms with Crippen molar-refractivity contribution in [1.29, 1.82) is 0 Å². The maximum absolute atomic E-state index is 14.1. The van der Waals surface area contributed by atoms with Gasteiger partial charge in [-0.05, 0) is 43.4 Å². The standard InChI is InChI=1S/C23H24F2N4O3/c1-28-9-11-29(12-10-28)13-14-31-16-7-5-15(6-8-16)21-20(22(26)30)27-23(32-21)19-17(24)3-2-4-18(19)25/h2-8H,9-14H2,1H3,(H2,26,30). The third-order valence-electron chi connectivity index (χ3n) is 5.43. The number of primary amides is 1. The van der Waals surface area contributed by atoms with E-state index in [9.17, 15) is 13.6 Å². The lowest BCUT2D eigenvalue weighted by Crippen LogP contribution is -2.45. The molecule has 0 radical (unpaired) electrons. The molecule has 1 aliphatic heterocycles. The predicted molar refractivity (Wildman–Crippen MR) is 115 cm³/mol. The molecule has 0 unspecified atom stereocenters. The zero-order valence-electron chi connectivity index (χ0n) is 17.7. The van der Waals surface area contributed by atoms with Crippen LogP contribution in [0.5, 0.6) is 5.75 Å². The topological polar surface area (TPSA) is 84.8 Å². The lowest BCUT2D eigenvalue weighted by atomic mass is 10.1. The summed E-state index contributed by atoms with van der Waals surface area (Å²) in [4.78, 5) is 20.5. The summed E-state index contributed by atoms with van der Waals surface area (Å²) in [6.07, 6.45) is 0. The Labute approximate surface area is 184 Å². The first-order valence-corrected chi connectivity index (χ1v) is 10.3. The van der Waals surface area contributed by atoms with Crippen molar-refractivity contribution < 1.29 is 22.7 Å². The van der Waals surface area contributed by atoms with Crippen molar-refractivity contribution in [1.82, 2.24) is 14.8 Å². The Kier molecular flexibility index (Phi) is 6.48. The molecule has 4 rings (SSSR count).